The number of aliphatic hydroxyl groups excluding tert-OH is 1. The number of unbranched alkanes of at least 4 members (excludes halogenated alkanes) is 2. The molecule has 2 heterocycles. The number of nitrogens with zero attached hydrogens (tertiary/aromatic N) is 2. The summed E-state index contributed by atoms with van der Waals surface area (Å²) in [6, 6.07) is 5.64. The van der Waals surface area contributed by atoms with E-state index in [4.69, 9.17) is 0 Å². The van der Waals surface area contributed by atoms with Crippen LogP contribution in [0.2, 0.25) is 0 Å². The molecule has 1 aliphatic rings. The third-order valence-corrected chi connectivity index (χ3v) is 7.74. The summed E-state index contributed by atoms with van der Waals surface area (Å²) in [6.07, 6.45) is 5.27. The summed E-state index contributed by atoms with van der Waals surface area (Å²) in [6.45, 7) is 11.3. The molecule has 5 nitrogen and oxygen atoms in total. The number of hydrogen-bond donors (Lipinski definition) is 1. The van der Waals surface area contributed by atoms with E-state index in [1.54, 1.807) is 24.0 Å². The molecule has 2 aromatic rings. The molecule has 1 saturated heterocycles. The van der Waals surface area contributed by atoms with Gasteiger partial charge in [-0.05, 0) is 81.4 Å². The fourth-order valence-electron chi connectivity index (χ4n) is 4.51. The molecule has 1 amide bonds. The van der Waals surface area contributed by atoms with Gasteiger partial charge in [-0.25, -0.2) is 4.39 Å². The molecule has 0 saturated carbocycles. The zero-order valence-corrected chi connectivity index (χ0v) is 22.1. The van der Waals surface area contributed by atoms with Crippen LogP contribution in [0.5, 0.6) is 0 Å². The summed E-state index contributed by atoms with van der Waals surface area (Å²) in [7, 11) is 0. The molecule has 7 heteroatoms. The minimum Gasteiger partial charge on any atom is -0.507 e. The number of carbonyl (C=O) groups is 2. The Morgan fingerprint density at radius 3 is 2.26 bits per heavy atom. The van der Waals surface area contributed by atoms with Crippen molar-refractivity contribution in [3.05, 3.63) is 62.6 Å². The summed E-state index contributed by atoms with van der Waals surface area (Å²) in [5.74, 6) is -2.11. The highest BCUT2D eigenvalue weighted by Crippen LogP contribution is 2.42. The average Bonchev–Trinajstić information content (AvgIpc) is 3.37. The van der Waals surface area contributed by atoms with Crippen molar-refractivity contribution < 1.29 is 19.1 Å². The third-order valence-electron chi connectivity index (χ3n) is 6.66. The highest BCUT2D eigenvalue weighted by Gasteiger charge is 2.46. The number of hydrogen-bond acceptors (Lipinski definition) is 5. The molecule has 0 aliphatic carbocycles. The Balaban J connectivity index is 1.91. The SMILES string of the molecule is CCCCN(CCCC)CCCN1C(=O)C(=O)C(=C(O)c2ccc(C)c(F)c2)C1c1sccc1C. The van der Waals surface area contributed by atoms with Crippen LogP contribution in [0.15, 0.2) is 35.2 Å². The summed E-state index contributed by atoms with van der Waals surface area (Å²) >= 11 is 1.46. The first kappa shape index (κ1) is 27.1. The van der Waals surface area contributed by atoms with Gasteiger partial charge < -0.3 is 14.9 Å². The van der Waals surface area contributed by atoms with Crippen molar-refractivity contribution in [2.45, 2.75) is 65.8 Å². The van der Waals surface area contributed by atoms with Crippen molar-refractivity contribution in [3.8, 4) is 0 Å². The lowest BCUT2D eigenvalue weighted by Crippen LogP contribution is -2.34. The number of amides is 1. The predicted molar refractivity (Wildman–Crippen MR) is 140 cm³/mol. The Hall–Kier alpha value is -2.51. The lowest BCUT2D eigenvalue weighted by atomic mass is 9.98. The first-order valence-corrected chi connectivity index (χ1v) is 13.5. The fraction of sp³-hybridized carbons (Fsp3) is 0.500. The smallest absolute Gasteiger partial charge is 0.295 e. The molecule has 3 rings (SSSR count). The van der Waals surface area contributed by atoms with Crippen LogP contribution in [-0.2, 0) is 9.59 Å². The second-order valence-corrected chi connectivity index (χ2v) is 10.3. The number of ketones is 1. The third kappa shape index (κ3) is 6.19. The minimum atomic E-state index is -0.713. The zero-order valence-electron chi connectivity index (χ0n) is 21.3. The highest BCUT2D eigenvalue weighted by molar-refractivity contribution is 7.10. The van der Waals surface area contributed by atoms with Crippen LogP contribution in [0.4, 0.5) is 4.39 Å². The summed E-state index contributed by atoms with van der Waals surface area (Å²) in [4.78, 5) is 31.2. The van der Waals surface area contributed by atoms with Crippen LogP contribution < -0.4 is 0 Å². The second-order valence-electron chi connectivity index (χ2n) is 9.33. The lowest BCUT2D eigenvalue weighted by molar-refractivity contribution is -0.139. The molecular weight excluding hydrogens is 463 g/mol. The average molecular weight is 501 g/mol. The monoisotopic (exact) mass is 500 g/mol. The van der Waals surface area contributed by atoms with E-state index in [9.17, 15) is 19.1 Å². The number of aryl methyl sites for hydroxylation is 2. The molecule has 190 valence electrons. The molecule has 0 spiro atoms. The van der Waals surface area contributed by atoms with Crippen LogP contribution in [-0.4, -0.2) is 52.8 Å². The van der Waals surface area contributed by atoms with E-state index in [-0.39, 0.29) is 16.9 Å². The van der Waals surface area contributed by atoms with Crippen LogP contribution in [0.25, 0.3) is 5.76 Å². The van der Waals surface area contributed by atoms with E-state index < -0.39 is 23.5 Å². The largest absolute Gasteiger partial charge is 0.507 e. The van der Waals surface area contributed by atoms with Gasteiger partial charge in [-0.15, -0.1) is 11.3 Å². The van der Waals surface area contributed by atoms with E-state index >= 15 is 0 Å². The maximum Gasteiger partial charge on any atom is 0.295 e. The number of halogens is 1. The fourth-order valence-corrected chi connectivity index (χ4v) is 5.55. The molecule has 1 aromatic carbocycles. The van der Waals surface area contributed by atoms with Gasteiger partial charge in [-0.1, -0.05) is 38.8 Å². The molecule has 0 bridgehead atoms. The van der Waals surface area contributed by atoms with E-state index in [1.165, 1.54) is 17.4 Å². The quantitative estimate of drug-likeness (QED) is 0.214. The number of rotatable bonds is 12. The van der Waals surface area contributed by atoms with E-state index in [2.05, 4.69) is 18.7 Å². The van der Waals surface area contributed by atoms with Crippen LogP contribution >= 0.6 is 11.3 Å². The number of likely N-dealkylation sites (tertiary alicyclic amines) is 1. The summed E-state index contributed by atoms with van der Waals surface area (Å²) in [5, 5.41) is 13.0. The van der Waals surface area contributed by atoms with Gasteiger partial charge in [0.2, 0.25) is 0 Å². The maximum absolute atomic E-state index is 14.2. The molecule has 1 atom stereocenters. The Kier molecular flexibility index (Phi) is 9.63. The van der Waals surface area contributed by atoms with Gasteiger partial charge in [-0.2, -0.15) is 0 Å². The molecule has 1 aromatic heterocycles. The molecule has 1 aliphatic heterocycles. The Morgan fingerprint density at radius 1 is 1.03 bits per heavy atom. The van der Waals surface area contributed by atoms with Gasteiger partial charge in [0.05, 0.1) is 11.6 Å². The van der Waals surface area contributed by atoms with Gasteiger partial charge in [0.25, 0.3) is 11.7 Å². The molecule has 1 unspecified atom stereocenters. The molecule has 1 N–H and O–H groups in total. The standard InChI is InChI=1S/C28H37FN2O3S/c1-5-7-13-30(14-8-6-2)15-9-16-31-24(27-20(4)12-17-35-27)23(26(33)28(31)34)25(32)21-11-10-19(3)22(29)18-21/h10-12,17-18,24,32H,5-9,13-16H2,1-4H3. The first-order chi connectivity index (χ1) is 16.8. The van der Waals surface area contributed by atoms with Crippen molar-refractivity contribution in [1.29, 1.82) is 0 Å². The van der Waals surface area contributed by atoms with Gasteiger partial charge in [0.15, 0.2) is 0 Å². The number of Topliss-reactive ketones (excluding diaryl/α,β-unsaturated/α-hetero) is 1. The van der Waals surface area contributed by atoms with Crippen LogP contribution in [0.3, 0.4) is 0 Å². The summed E-state index contributed by atoms with van der Waals surface area (Å²) in [5.41, 5.74) is 1.65. The van der Waals surface area contributed by atoms with Crippen molar-refractivity contribution in [2.24, 2.45) is 0 Å². The van der Waals surface area contributed by atoms with E-state index in [0.717, 1.165) is 62.2 Å². The molecule has 35 heavy (non-hydrogen) atoms. The Morgan fingerprint density at radius 2 is 1.69 bits per heavy atom. The van der Waals surface area contributed by atoms with Gasteiger partial charge in [-0.3, -0.25) is 9.59 Å². The predicted octanol–water partition coefficient (Wildman–Crippen LogP) is 6.22. The van der Waals surface area contributed by atoms with Gasteiger partial charge in [0.1, 0.15) is 11.6 Å². The Labute approximate surface area is 212 Å². The van der Waals surface area contributed by atoms with E-state index in [0.29, 0.717) is 12.1 Å². The zero-order chi connectivity index (χ0) is 25.5. The second kappa shape index (κ2) is 12.5. The van der Waals surface area contributed by atoms with Crippen molar-refractivity contribution >= 4 is 28.8 Å². The number of carbonyl (C=O) groups excluding carboxylic acids is 2. The van der Waals surface area contributed by atoms with Crippen molar-refractivity contribution in [3.63, 3.8) is 0 Å². The van der Waals surface area contributed by atoms with Gasteiger partial charge >= 0.3 is 0 Å². The topological polar surface area (TPSA) is 60.9 Å². The van der Waals surface area contributed by atoms with Crippen LogP contribution in [0.1, 0.15) is 73.6 Å². The van der Waals surface area contributed by atoms with Gasteiger partial charge in [0, 0.05) is 17.0 Å². The maximum atomic E-state index is 14.2. The highest BCUT2D eigenvalue weighted by atomic mass is 32.1. The van der Waals surface area contributed by atoms with E-state index in [1.807, 2.05) is 18.4 Å². The number of aliphatic hydroxyl groups is 1. The minimum absolute atomic E-state index is 0.0395. The summed E-state index contributed by atoms with van der Waals surface area (Å²) < 4.78 is 14.2. The lowest BCUT2D eigenvalue weighted by Gasteiger charge is -2.27. The van der Waals surface area contributed by atoms with Crippen molar-refractivity contribution in [2.75, 3.05) is 26.2 Å². The van der Waals surface area contributed by atoms with Crippen molar-refractivity contribution in [1.82, 2.24) is 9.80 Å². The number of benzene rings is 1. The first-order valence-electron chi connectivity index (χ1n) is 12.6. The molecule has 0 radical (unpaired) electrons. The number of thiophene rings is 1. The molecule has 1 fully saturated rings. The Bertz CT molecular complexity index is 1070. The normalized spacial score (nSPS) is 17.7. The van der Waals surface area contributed by atoms with Crippen LogP contribution in [0, 0.1) is 19.7 Å². The molecular formula is C28H37FN2O3S.